The van der Waals surface area contributed by atoms with E-state index >= 15 is 0 Å². The van der Waals surface area contributed by atoms with Gasteiger partial charge in [0.1, 0.15) is 5.69 Å². The van der Waals surface area contributed by atoms with Crippen LogP contribution in [0.25, 0.3) is 5.69 Å². The van der Waals surface area contributed by atoms with E-state index in [1.807, 2.05) is 55.5 Å². The number of rotatable bonds is 6. The Kier molecular flexibility index (Phi) is 5.99. The second kappa shape index (κ2) is 8.61. The van der Waals surface area contributed by atoms with E-state index in [1.54, 1.807) is 16.4 Å². The average molecular weight is 378 g/mol. The van der Waals surface area contributed by atoms with Gasteiger partial charge < -0.3 is 10.6 Å². The largest absolute Gasteiger partial charge is 0.337 e. The normalized spacial score (nSPS) is 11.8. The van der Waals surface area contributed by atoms with Crippen LogP contribution in [0, 0.1) is 6.92 Å². The molecule has 2 N–H and O–H groups in total. The van der Waals surface area contributed by atoms with E-state index in [1.165, 1.54) is 5.56 Å². The van der Waals surface area contributed by atoms with Crippen LogP contribution in [-0.2, 0) is 7.05 Å². The number of carbonyl (C=O) groups is 1. The summed E-state index contributed by atoms with van der Waals surface area (Å²) < 4.78 is 3.29. The number of amides is 2. The van der Waals surface area contributed by atoms with E-state index in [0.29, 0.717) is 12.2 Å². The van der Waals surface area contributed by atoms with Crippen LogP contribution in [0.3, 0.4) is 0 Å². The number of aromatic nitrogens is 2. The lowest BCUT2D eigenvalue weighted by Crippen LogP contribution is -2.34. The van der Waals surface area contributed by atoms with Crippen LogP contribution in [0.15, 0.2) is 65.5 Å². The molecule has 1 aromatic heterocycles. The maximum absolute atomic E-state index is 12.9. The van der Waals surface area contributed by atoms with Crippen LogP contribution in [0.2, 0.25) is 0 Å². The first-order valence-electron chi connectivity index (χ1n) is 9.46. The molecule has 0 saturated carbocycles. The van der Waals surface area contributed by atoms with Crippen molar-refractivity contribution in [2.24, 2.45) is 7.05 Å². The summed E-state index contributed by atoms with van der Waals surface area (Å²) in [4.78, 5) is 25.3. The quantitative estimate of drug-likeness (QED) is 0.685. The Labute approximate surface area is 164 Å². The first-order valence-corrected chi connectivity index (χ1v) is 9.46. The Morgan fingerprint density at radius 2 is 1.64 bits per heavy atom. The lowest BCUT2D eigenvalue weighted by Gasteiger charge is -2.16. The standard InChI is InChI=1S/C22H26N4O2/c1-4-17(18-11-7-5-8-12-18)15-23-22(28)24-20-16(2)25(3)26(21(20)27)19-13-9-6-10-14-19/h5-14,17H,4,15H2,1-3H3,(H2,23,24,28)/t17-/m1/s1. The molecule has 0 aliphatic carbocycles. The van der Waals surface area contributed by atoms with E-state index in [9.17, 15) is 9.59 Å². The smallest absolute Gasteiger partial charge is 0.319 e. The predicted octanol–water partition coefficient (Wildman–Crippen LogP) is 3.80. The van der Waals surface area contributed by atoms with Crippen molar-refractivity contribution in [3.63, 3.8) is 0 Å². The number of nitrogens with one attached hydrogen (secondary N) is 2. The Morgan fingerprint density at radius 1 is 1.04 bits per heavy atom. The highest BCUT2D eigenvalue weighted by molar-refractivity contribution is 5.89. The summed E-state index contributed by atoms with van der Waals surface area (Å²) >= 11 is 0. The maximum atomic E-state index is 12.9. The van der Waals surface area contributed by atoms with Gasteiger partial charge in [0.2, 0.25) is 0 Å². The summed E-state index contributed by atoms with van der Waals surface area (Å²) in [5, 5.41) is 5.63. The molecule has 3 rings (SSSR count). The zero-order chi connectivity index (χ0) is 20.1. The van der Waals surface area contributed by atoms with Gasteiger partial charge in [-0.05, 0) is 31.0 Å². The third-order valence-corrected chi connectivity index (χ3v) is 5.07. The molecule has 0 spiro atoms. The minimum Gasteiger partial charge on any atom is -0.337 e. The lowest BCUT2D eigenvalue weighted by atomic mass is 9.97. The molecule has 6 nitrogen and oxygen atoms in total. The van der Waals surface area contributed by atoms with E-state index in [4.69, 9.17) is 0 Å². The van der Waals surface area contributed by atoms with Crippen molar-refractivity contribution in [1.82, 2.24) is 14.7 Å². The van der Waals surface area contributed by atoms with Crippen LogP contribution >= 0.6 is 0 Å². The summed E-state index contributed by atoms with van der Waals surface area (Å²) in [6.45, 7) is 4.41. The first-order chi connectivity index (χ1) is 13.5. The Bertz CT molecular complexity index is 991. The first kappa shape index (κ1) is 19.5. The SMILES string of the molecule is CC[C@H](CNC(=O)Nc1c(C)n(C)n(-c2ccccc2)c1=O)c1ccccc1. The van der Waals surface area contributed by atoms with Crippen molar-refractivity contribution < 1.29 is 4.79 Å². The third-order valence-electron chi connectivity index (χ3n) is 5.07. The molecular formula is C22H26N4O2. The molecular weight excluding hydrogens is 352 g/mol. The van der Waals surface area contributed by atoms with Crippen molar-refractivity contribution in [2.75, 3.05) is 11.9 Å². The number of carbonyl (C=O) groups excluding carboxylic acids is 1. The Hall–Kier alpha value is -3.28. The van der Waals surface area contributed by atoms with Crippen molar-refractivity contribution in [2.45, 2.75) is 26.2 Å². The molecule has 2 aromatic carbocycles. The molecule has 0 radical (unpaired) electrons. The van der Waals surface area contributed by atoms with Crippen LogP contribution in [-0.4, -0.2) is 21.9 Å². The van der Waals surface area contributed by atoms with Gasteiger partial charge in [0.15, 0.2) is 0 Å². The molecule has 0 unspecified atom stereocenters. The van der Waals surface area contributed by atoms with E-state index in [2.05, 4.69) is 29.7 Å². The highest BCUT2D eigenvalue weighted by atomic mass is 16.2. The highest BCUT2D eigenvalue weighted by Gasteiger charge is 2.18. The molecule has 0 bridgehead atoms. The lowest BCUT2D eigenvalue weighted by molar-refractivity contribution is 0.251. The molecule has 146 valence electrons. The molecule has 0 saturated heterocycles. The van der Waals surface area contributed by atoms with Gasteiger partial charge in [0.05, 0.1) is 11.4 Å². The maximum Gasteiger partial charge on any atom is 0.319 e. The van der Waals surface area contributed by atoms with Gasteiger partial charge in [-0.25, -0.2) is 9.48 Å². The average Bonchev–Trinajstić information content (AvgIpc) is 2.93. The van der Waals surface area contributed by atoms with E-state index in [0.717, 1.165) is 12.1 Å². The fourth-order valence-corrected chi connectivity index (χ4v) is 3.31. The summed E-state index contributed by atoms with van der Waals surface area (Å²) in [6, 6.07) is 19.1. The van der Waals surface area contributed by atoms with Crippen molar-refractivity contribution in [3.05, 3.63) is 82.3 Å². The van der Waals surface area contributed by atoms with Crippen LogP contribution < -0.4 is 16.2 Å². The van der Waals surface area contributed by atoms with Gasteiger partial charge >= 0.3 is 6.03 Å². The minimum absolute atomic E-state index is 0.227. The van der Waals surface area contributed by atoms with Gasteiger partial charge in [0, 0.05) is 19.5 Å². The zero-order valence-electron chi connectivity index (χ0n) is 16.5. The second-order valence-corrected chi connectivity index (χ2v) is 6.79. The molecule has 1 atom stereocenters. The number of hydrogen-bond donors (Lipinski definition) is 2. The molecule has 0 fully saturated rings. The molecule has 2 amide bonds. The summed E-state index contributed by atoms with van der Waals surface area (Å²) in [5.41, 5.74) is 2.67. The molecule has 3 aromatic rings. The molecule has 1 heterocycles. The zero-order valence-corrected chi connectivity index (χ0v) is 16.5. The fraction of sp³-hybridized carbons (Fsp3) is 0.273. The number of hydrogen-bond acceptors (Lipinski definition) is 2. The number of urea groups is 1. The van der Waals surface area contributed by atoms with Crippen LogP contribution in [0.1, 0.15) is 30.5 Å². The number of para-hydroxylation sites is 1. The fourth-order valence-electron chi connectivity index (χ4n) is 3.31. The van der Waals surface area contributed by atoms with Crippen LogP contribution in [0.5, 0.6) is 0 Å². The van der Waals surface area contributed by atoms with E-state index < -0.39 is 0 Å². The van der Waals surface area contributed by atoms with Gasteiger partial charge in [-0.2, -0.15) is 0 Å². The summed E-state index contributed by atoms with van der Waals surface area (Å²) in [5.74, 6) is 0.227. The Balaban J connectivity index is 1.73. The second-order valence-electron chi connectivity index (χ2n) is 6.79. The number of benzene rings is 2. The number of anilines is 1. The minimum atomic E-state index is -0.375. The molecule has 6 heteroatoms. The monoisotopic (exact) mass is 378 g/mol. The number of nitrogens with zero attached hydrogens (tertiary/aromatic N) is 2. The third kappa shape index (κ3) is 4.01. The molecule has 28 heavy (non-hydrogen) atoms. The van der Waals surface area contributed by atoms with Gasteiger partial charge in [-0.3, -0.25) is 9.48 Å². The Morgan fingerprint density at radius 3 is 2.25 bits per heavy atom. The van der Waals surface area contributed by atoms with Gasteiger partial charge in [-0.1, -0.05) is 55.5 Å². The van der Waals surface area contributed by atoms with E-state index in [-0.39, 0.29) is 23.2 Å². The molecule has 0 aliphatic heterocycles. The molecule has 0 aliphatic rings. The van der Waals surface area contributed by atoms with Crippen LogP contribution in [0.4, 0.5) is 10.5 Å². The predicted molar refractivity (Wildman–Crippen MR) is 112 cm³/mol. The van der Waals surface area contributed by atoms with Crippen molar-refractivity contribution in [3.8, 4) is 5.69 Å². The van der Waals surface area contributed by atoms with Gasteiger partial charge in [-0.15, -0.1) is 0 Å². The highest BCUT2D eigenvalue weighted by Crippen LogP contribution is 2.18. The summed E-state index contributed by atoms with van der Waals surface area (Å²) in [6.07, 6.45) is 0.912. The van der Waals surface area contributed by atoms with Crippen molar-refractivity contribution >= 4 is 11.7 Å². The van der Waals surface area contributed by atoms with Gasteiger partial charge in [0.25, 0.3) is 5.56 Å². The summed E-state index contributed by atoms with van der Waals surface area (Å²) in [7, 11) is 1.80. The van der Waals surface area contributed by atoms with Crippen molar-refractivity contribution in [1.29, 1.82) is 0 Å². The topological polar surface area (TPSA) is 68.1 Å².